The van der Waals surface area contributed by atoms with E-state index < -0.39 is 24.2 Å². The van der Waals surface area contributed by atoms with E-state index in [0.717, 1.165) is 0 Å². The summed E-state index contributed by atoms with van der Waals surface area (Å²) in [5, 5.41) is 15.4. The molecule has 0 bridgehead atoms. The van der Waals surface area contributed by atoms with Crippen molar-refractivity contribution >= 4 is 17.5 Å². The minimum atomic E-state index is -1.51. The van der Waals surface area contributed by atoms with E-state index in [-0.39, 0.29) is 25.5 Å². The summed E-state index contributed by atoms with van der Waals surface area (Å²) in [6, 6.07) is 23.3. The number of halogens is 1. The van der Waals surface area contributed by atoms with Crippen LogP contribution < -0.4 is 10.1 Å². The Morgan fingerprint density at radius 1 is 1.13 bits per heavy atom. The maximum absolute atomic E-state index is 13.8. The molecule has 0 unspecified atom stereocenters. The van der Waals surface area contributed by atoms with E-state index >= 15 is 0 Å². The summed E-state index contributed by atoms with van der Waals surface area (Å²) in [5.74, 6) is 0.367. The first kappa shape index (κ1) is 26.7. The van der Waals surface area contributed by atoms with Gasteiger partial charge in [0.2, 0.25) is 5.90 Å². The number of carbonyl (C=O) groups is 1. The second-order valence-electron chi connectivity index (χ2n) is 8.64. The Morgan fingerprint density at radius 2 is 1.87 bits per heavy atom. The molecule has 1 amide bonds. The average molecular weight is 518 g/mol. The van der Waals surface area contributed by atoms with Crippen molar-refractivity contribution in [2.75, 3.05) is 26.4 Å². The summed E-state index contributed by atoms with van der Waals surface area (Å²) in [5.41, 5.74) is 9.87. The summed E-state index contributed by atoms with van der Waals surface area (Å²) in [7, 11) is 0. The molecule has 3 aromatic carbocycles. The third-order valence-electron chi connectivity index (χ3n) is 6.12. The van der Waals surface area contributed by atoms with E-state index in [2.05, 4.69) is 15.3 Å². The number of amides is 1. The molecule has 0 aliphatic carbocycles. The second-order valence-corrected chi connectivity index (χ2v) is 8.64. The van der Waals surface area contributed by atoms with Gasteiger partial charge in [0, 0.05) is 42.2 Å². The lowest BCUT2D eigenvalue weighted by atomic mass is 9.81. The number of aliphatic imine (C=N–C) groups is 1. The molecule has 1 aliphatic rings. The minimum absolute atomic E-state index is 0.0406. The molecule has 0 saturated heterocycles. The summed E-state index contributed by atoms with van der Waals surface area (Å²) in [6.45, 7) is -0.488. The third kappa shape index (κ3) is 5.94. The number of nitrogens with zero attached hydrogens (tertiary/aromatic N) is 4. The van der Waals surface area contributed by atoms with Gasteiger partial charge in [-0.25, -0.2) is 9.38 Å². The quantitative estimate of drug-likeness (QED) is 0.152. The van der Waals surface area contributed by atoms with Gasteiger partial charge in [0.05, 0.1) is 6.61 Å². The van der Waals surface area contributed by atoms with Gasteiger partial charge in [0.1, 0.15) is 12.4 Å². The number of rotatable bonds is 12. The standard InChI is InChI=1S/C28H28FN5O4/c29-15-16-31-27(36)28(19-22-9-4-5-10-24(22)33-34-30)25(20-7-2-1-3-8-20)38-26(32-28)21-11-13-23(14-12-21)37-18-6-17-35/h1-5,7-14,25,35H,6,15-19H2,(H,31,36)/t25-,28-/m1/s1. The zero-order valence-corrected chi connectivity index (χ0v) is 20.7. The molecule has 3 aromatic rings. The lowest BCUT2D eigenvalue weighted by Crippen LogP contribution is -2.50. The highest BCUT2D eigenvalue weighted by Gasteiger charge is 2.53. The van der Waals surface area contributed by atoms with E-state index in [1.54, 1.807) is 48.5 Å². The lowest BCUT2D eigenvalue weighted by Gasteiger charge is -2.31. The van der Waals surface area contributed by atoms with Gasteiger partial charge in [-0.2, -0.15) is 0 Å². The number of hydrogen-bond donors (Lipinski definition) is 2. The largest absolute Gasteiger partial charge is 0.494 e. The number of benzene rings is 3. The predicted molar refractivity (Wildman–Crippen MR) is 141 cm³/mol. The van der Waals surface area contributed by atoms with Gasteiger partial charge in [-0.05, 0) is 40.9 Å². The fraction of sp³-hybridized carbons (Fsp3) is 0.286. The normalized spacial score (nSPS) is 18.2. The van der Waals surface area contributed by atoms with Crippen LogP contribution in [0.25, 0.3) is 10.4 Å². The molecule has 9 nitrogen and oxygen atoms in total. The van der Waals surface area contributed by atoms with Gasteiger partial charge < -0.3 is 19.9 Å². The van der Waals surface area contributed by atoms with Crippen molar-refractivity contribution in [3.8, 4) is 5.75 Å². The van der Waals surface area contributed by atoms with Crippen LogP contribution in [0.4, 0.5) is 10.1 Å². The van der Waals surface area contributed by atoms with Crippen LogP contribution in [0.1, 0.15) is 29.2 Å². The first-order valence-corrected chi connectivity index (χ1v) is 12.2. The number of alkyl halides is 1. The number of aliphatic hydroxyl groups excluding tert-OH is 1. The highest BCUT2D eigenvalue weighted by molar-refractivity contribution is 6.01. The Kier molecular flexibility index (Phi) is 8.92. The van der Waals surface area contributed by atoms with Crippen molar-refractivity contribution in [3.05, 3.63) is 106 Å². The zero-order chi connectivity index (χ0) is 26.8. The maximum atomic E-state index is 13.8. The third-order valence-corrected chi connectivity index (χ3v) is 6.12. The summed E-state index contributed by atoms with van der Waals surface area (Å²) >= 11 is 0. The van der Waals surface area contributed by atoms with Crippen LogP contribution in [0.15, 0.2) is 89.0 Å². The van der Waals surface area contributed by atoms with Gasteiger partial charge in [0.25, 0.3) is 5.91 Å². The van der Waals surface area contributed by atoms with Crippen molar-refractivity contribution < 1.29 is 23.8 Å². The maximum Gasteiger partial charge on any atom is 0.252 e. The molecule has 4 rings (SSSR count). The van der Waals surface area contributed by atoms with Gasteiger partial charge in [-0.15, -0.1) is 0 Å². The van der Waals surface area contributed by atoms with Crippen molar-refractivity contribution in [1.82, 2.24) is 5.32 Å². The van der Waals surface area contributed by atoms with Gasteiger partial charge >= 0.3 is 0 Å². The molecule has 2 atom stereocenters. The first-order chi connectivity index (χ1) is 18.6. The van der Waals surface area contributed by atoms with Crippen molar-refractivity contribution in [1.29, 1.82) is 0 Å². The van der Waals surface area contributed by atoms with Crippen LogP contribution in [0, 0.1) is 0 Å². The number of nitrogens with one attached hydrogen (secondary N) is 1. The molecule has 1 heterocycles. The topological polar surface area (TPSA) is 129 Å². The fourth-order valence-corrected chi connectivity index (χ4v) is 4.32. The average Bonchev–Trinajstić information content (AvgIpc) is 3.34. The highest BCUT2D eigenvalue weighted by atomic mass is 19.1. The predicted octanol–water partition coefficient (Wildman–Crippen LogP) is 4.97. The molecule has 10 heteroatoms. The Labute approximate surface area is 219 Å². The SMILES string of the molecule is [N-]=[N+]=Nc1ccccc1C[C@@]1(C(=O)NCCF)N=C(c2ccc(OCCCO)cc2)O[C@@H]1c1ccccc1. The molecular formula is C28H28FN5O4. The number of hydrogen-bond acceptors (Lipinski definition) is 6. The van der Waals surface area contributed by atoms with Gasteiger partial charge in [-0.1, -0.05) is 59.7 Å². The van der Waals surface area contributed by atoms with Crippen LogP contribution in [0.5, 0.6) is 5.75 Å². The van der Waals surface area contributed by atoms with Crippen LogP contribution in [0.3, 0.4) is 0 Å². The molecule has 0 fully saturated rings. The number of aliphatic hydroxyl groups is 1. The van der Waals surface area contributed by atoms with Crippen LogP contribution in [-0.4, -0.2) is 48.9 Å². The van der Waals surface area contributed by atoms with E-state index in [1.807, 2.05) is 30.3 Å². The van der Waals surface area contributed by atoms with E-state index in [4.69, 9.17) is 25.1 Å². The Bertz CT molecular complexity index is 1310. The smallest absolute Gasteiger partial charge is 0.252 e. The van der Waals surface area contributed by atoms with E-state index in [1.165, 1.54) is 0 Å². The van der Waals surface area contributed by atoms with E-state index in [9.17, 15) is 9.18 Å². The summed E-state index contributed by atoms with van der Waals surface area (Å²) in [6.07, 6.45) is -0.270. The summed E-state index contributed by atoms with van der Waals surface area (Å²) in [4.78, 5) is 21.5. The number of ether oxygens (including phenoxy) is 2. The molecule has 0 saturated carbocycles. The van der Waals surface area contributed by atoms with Crippen molar-refractivity contribution in [2.45, 2.75) is 24.5 Å². The van der Waals surface area contributed by atoms with Crippen LogP contribution >= 0.6 is 0 Å². The molecular weight excluding hydrogens is 489 g/mol. The molecule has 0 aromatic heterocycles. The highest BCUT2D eigenvalue weighted by Crippen LogP contribution is 2.43. The number of carbonyl (C=O) groups excluding carboxylic acids is 1. The molecule has 0 radical (unpaired) electrons. The molecule has 2 N–H and O–H groups in total. The minimum Gasteiger partial charge on any atom is -0.494 e. The monoisotopic (exact) mass is 517 g/mol. The van der Waals surface area contributed by atoms with Crippen LogP contribution in [-0.2, 0) is 16.0 Å². The first-order valence-electron chi connectivity index (χ1n) is 12.2. The van der Waals surface area contributed by atoms with E-state index in [0.29, 0.717) is 41.2 Å². The lowest BCUT2D eigenvalue weighted by molar-refractivity contribution is -0.129. The molecule has 196 valence electrons. The second kappa shape index (κ2) is 12.7. The Hall–Kier alpha value is -4.40. The fourth-order valence-electron chi connectivity index (χ4n) is 4.32. The zero-order valence-electron chi connectivity index (χ0n) is 20.7. The van der Waals surface area contributed by atoms with Crippen molar-refractivity contribution in [3.63, 3.8) is 0 Å². The molecule has 38 heavy (non-hydrogen) atoms. The van der Waals surface area contributed by atoms with Gasteiger partial charge in [-0.3, -0.25) is 4.79 Å². The van der Waals surface area contributed by atoms with Crippen LogP contribution in [0.2, 0.25) is 0 Å². The Balaban J connectivity index is 1.80. The Morgan fingerprint density at radius 3 is 2.58 bits per heavy atom. The van der Waals surface area contributed by atoms with Crippen molar-refractivity contribution in [2.24, 2.45) is 10.1 Å². The molecule has 1 aliphatic heterocycles. The van der Waals surface area contributed by atoms with Gasteiger partial charge in [0.15, 0.2) is 11.6 Å². The molecule has 0 spiro atoms. The number of azide groups is 1. The summed E-state index contributed by atoms with van der Waals surface area (Å²) < 4.78 is 25.1.